The van der Waals surface area contributed by atoms with Gasteiger partial charge in [-0.25, -0.2) is 18.7 Å². The number of methoxy groups -OCH3 is 1. The molecule has 1 aliphatic carbocycles. The number of nitrogens with zero attached hydrogens (tertiary/aromatic N) is 3. The summed E-state index contributed by atoms with van der Waals surface area (Å²) in [4.78, 5) is 25.1. The second kappa shape index (κ2) is 8.72. The van der Waals surface area contributed by atoms with Crippen LogP contribution in [0.4, 0.5) is 8.78 Å². The number of fused-ring (bicyclic) bond motifs is 1. The highest BCUT2D eigenvalue weighted by Gasteiger charge is 2.66. The Morgan fingerprint density at radius 3 is 2.94 bits per heavy atom. The normalized spacial score (nSPS) is 27.3. The molecule has 0 spiro atoms. The number of amidine groups is 1. The quantitative estimate of drug-likeness (QED) is 0.463. The summed E-state index contributed by atoms with van der Waals surface area (Å²) in [6, 6.07) is 2.33. The SMILES string of the molecule is [2H]C([2H])([2H])OC[C@]12C[C@H]1[C@@](C)(c1cc(CC(=O)c3cnc(OCC#C)cn3)cc(F)c1F)N=C(N)S2. The number of carbonyl (C=O) groups excluding carboxylic acids is 1. The number of benzene rings is 1. The lowest BCUT2D eigenvalue weighted by Gasteiger charge is -2.34. The van der Waals surface area contributed by atoms with Gasteiger partial charge in [-0.2, -0.15) is 0 Å². The van der Waals surface area contributed by atoms with Crippen molar-refractivity contribution in [3.8, 4) is 18.2 Å². The van der Waals surface area contributed by atoms with Crippen LogP contribution in [0.3, 0.4) is 0 Å². The van der Waals surface area contributed by atoms with Gasteiger partial charge in [-0.3, -0.25) is 9.79 Å². The van der Waals surface area contributed by atoms with Crippen molar-refractivity contribution in [2.75, 3.05) is 20.3 Å². The molecule has 0 saturated heterocycles. The Hall–Kier alpha value is -3.03. The van der Waals surface area contributed by atoms with E-state index >= 15 is 4.39 Å². The fourth-order valence-electron chi connectivity index (χ4n) is 4.25. The minimum atomic E-state index is -2.60. The summed E-state index contributed by atoms with van der Waals surface area (Å²) in [7, 11) is -2.60. The second-order valence-electron chi connectivity index (χ2n) is 8.08. The predicted octanol–water partition coefficient (Wildman–Crippen LogP) is 2.87. The van der Waals surface area contributed by atoms with Crippen LogP contribution in [0.2, 0.25) is 0 Å². The van der Waals surface area contributed by atoms with E-state index in [4.69, 9.17) is 25.7 Å². The molecule has 0 unspecified atom stereocenters. The van der Waals surface area contributed by atoms with Crippen LogP contribution < -0.4 is 10.5 Å². The molecule has 2 aromatic rings. The van der Waals surface area contributed by atoms with Gasteiger partial charge in [0.2, 0.25) is 5.88 Å². The number of ether oxygens (including phenoxy) is 2. The smallest absolute Gasteiger partial charge is 0.233 e. The van der Waals surface area contributed by atoms with E-state index in [1.807, 2.05) is 0 Å². The van der Waals surface area contributed by atoms with Gasteiger partial charge in [0.15, 0.2) is 29.2 Å². The Bertz CT molecular complexity index is 1270. The average Bonchev–Trinajstić information content (AvgIpc) is 3.54. The summed E-state index contributed by atoms with van der Waals surface area (Å²) >= 11 is 1.17. The minimum absolute atomic E-state index is 0.00547. The molecule has 1 fully saturated rings. The molecule has 2 heterocycles. The zero-order chi connectivity index (χ0) is 26.3. The van der Waals surface area contributed by atoms with Gasteiger partial charge in [-0.1, -0.05) is 17.7 Å². The van der Waals surface area contributed by atoms with Gasteiger partial charge in [0.05, 0.1) is 33.4 Å². The lowest BCUT2D eigenvalue weighted by molar-refractivity contribution is 0.0987. The van der Waals surface area contributed by atoms with Crippen LogP contribution in [0.5, 0.6) is 5.88 Å². The number of ketones is 1. The molecule has 1 aliphatic heterocycles. The number of halogens is 2. The van der Waals surface area contributed by atoms with Crippen molar-refractivity contribution in [1.29, 1.82) is 0 Å². The molecule has 172 valence electrons. The largest absolute Gasteiger partial charge is 0.463 e. The molecule has 2 aliphatic rings. The molecule has 7 nitrogen and oxygen atoms in total. The maximum absolute atomic E-state index is 15.1. The lowest BCUT2D eigenvalue weighted by atomic mass is 9.84. The molecule has 0 amide bonds. The molecule has 0 radical (unpaired) electrons. The maximum Gasteiger partial charge on any atom is 0.233 e. The van der Waals surface area contributed by atoms with Crippen LogP contribution in [0.1, 0.15) is 39.1 Å². The van der Waals surface area contributed by atoms with E-state index < -0.39 is 34.7 Å². The van der Waals surface area contributed by atoms with Crippen LogP contribution >= 0.6 is 11.8 Å². The number of rotatable bonds is 8. The van der Waals surface area contributed by atoms with Gasteiger partial charge < -0.3 is 15.2 Å². The highest BCUT2D eigenvalue weighted by atomic mass is 32.2. The van der Waals surface area contributed by atoms with Gasteiger partial charge in [0.1, 0.15) is 5.69 Å². The molecule has 0 bridgehead atoms. The average molecular weight is 476 g/mol. The summed E-state index contributed by atoms with van der Waals surface area (Å²) in [5.41, 5.74) is 4.89. The Morgan fingerprint density at radius 2 is 2.24 bits per heavy atom. The molecule has 33 heavy (non-hydrogen) atoms. The molecular formula is C23H22F2N4O3S. The topological polar surface area (TPSA) is 99.7 Å². The number of terminal acetylenes is 1. The molecule has 1 aromatic carbocycles. The number of hydrogen-bond acceptors (Lipinski definition) is 8. The standard InChI is InChI=1S/C23H22F2N4O3S/c1-4-5-32-19-11-27-16(10-28-19)17(30)8-13-6-14(20(25)15(24)7-13)22(2)18-9-23(18,12-31-3)33-21(26)29-22/h1,6-7,10-11,18H,5,8-9,12H2,2-3H3,(H2,26,29)/t18-,22+,23+/m0/s1/i3D3. The molecule has 10 heteroatoms. The van der Waals surface area contributed by atoms with E-state index in [9.17, 15) is 9.18 Å². The zero-order valence-corrected chi connectivity index (χ0v) is 18.4. The van der Waals surface area contributed by atoms with Gasteiger partial charge in [-0.15, -0.1) is 6.42 Å². The zero-order valence-electron chi connectivity index (χ0n) is 20.6. The van der Waals surface area contributed by atoms with Gasteiger partial charge in [0.25, 0.3) is 0 Å². The Morgan fingerprint density at radius 1 is 1.42 bits per heavy atom. The Balaban J connectivity index is 1.59. The number of aromatic nitrogens is 2. The monoisotopic (exact) mass is 475 g/mol. The van der Waals surface area contributed by atoms with Crippen LogP contribution in [-0.2, 0) is 16.7 Å². The third-order valence-electron chi connectivity index (χ3n) is 5.89. The highest BCUT2D eigenvalue weighted by molar-refractivity contribution is 8.15. The maximum atomic E-state index is 15.1. The van der Waals surface area contributed by atoms with Gasteiger partial charge in [-0.05, 0) is 31.0 Å². The van der Waals surface area contributed by atoms with Crippen molar-refractivity contribution in [3.05, 3.63) is 53.0 Å². The molecule has 3 atom stereocenters. The van der Waals surface area contributed by atoms with Crippen molar-refractivity contribution >= 4 is 22.7 Å². The number of Topliss-reactive ketones (excluding diaryl/α,β-unsaturated/α-hetero) is 1. The molecule has 1 saturated carbocycles. The first kappa shape index (κ1) is 19.4. The second-order valence-corrected chi connectivity index (χ2v) is 9.52. The minimum Gasteiger partial charge on any atom is -0.463 e. The van der Waals surface area contributed by atoms with Crippen LogP contribution in [0, 0.1) is 29.9 Å². The fourth-order valence-corrected chi connectivity index (χ4v) is 5.64. The van der Waals surface area contributed by atoms with Gasteiger partial charge >= 0.3 is 0 Å². The first-order chi connectivity index (χ1) is 16.9. The summed E-state index contributed by atoms with van der Waals surface area (Å²) < 4.78 is 61.1. The third kappa shape index (κ3) is 4.30. The summed E-state index contributed by atoms with van der Waals surface area (Å²) in [6.07, 6.45) is 7.75. The van der Waals surface area contributed by atoms with Gasteiger partial charge in [0, 0.05) is 24.9 Å². The summed E-state index contributed by atoms with van der Waals surface area (Å²) in [5.74, 6) is -0.644. The fraction of sp³-hybridized carbons (Fsp3) is 0.391. The molecule has 4 rings (SSSR count). The first-order valence-corrected chi connectivity index (χ1v) is 10.8. The summed E-state index contributed by atoms with van der Waals surface area (Å²) in [5, 5.41) is 0.115. The first-order valence-electron chi connectivity index (χ1n) is 11.4. The number of nitrogens with two attached hydrogens (primary N) is 1. The van der Waals surface area contributed by atoms with E-state index in [0.29, 0.717) is 6.42 Å². The highest BCUT2D eigenvalue weighted by Crippen LogP contribution is 2.66. The Kier molecular flexibility index (Phi) is 5.14. The van der Waals surface area contributed by atoms with Crippen LogP contribution in [-0.4, -0.2) is 45.9 Å². The summed E-state index contributed by atoms with van der Waals surface area (Å²) in [6.45, 7) is 1.46. The van der Waals surface area contributed by atoms with E-state index in [1.54, 1.807) is 6.92 Å². The number of thioether (sulfide) groups is 1. The van der Waals surface area contributed by atoms with E-state index in [2.05, 4.69) is 20.9 Å². The molecule has 2 N–H and O–H groups in total. The third-order valence-corrected chi connectivity index (χ3v) is 7.16. The number of aliphatic imine (C=N–C) groups is 1. The predicted molar refractivity (Wildman–Crippen MR) is 120 cm³/mol. The van der Waals surface area contributed by atoms with Crippen molar-refractivity contribution in [3.63, 3.8) is 0 Å². The van der Waals surface area contributed by atoms with E-state index in [1.165, 1.54) is 30.2 Å². The van der Waals surface area contributed by atoms with E-state index in [-0.39, 0.29) is 53.4 Å². The van der Waals surface area contributed by atoms with Crippen molar-refractivity contribution in [2.45, 2.75) is 30.1 Å². The lowest BCUT2D eigenvalue weighted by Crippen LogP contribution is -2.38. The number of carbonyl (C=O) groups is 1. The number of hydrogen-bond donors (Lipinski definition) is 1. The Labute approximate surface area is 198 Å². The molecular weight excluding hydrogens is 450 g/mol. The van der Waals surface area contributed by atoms with Crippen molar-refractivity contribution < 1.29 is 27.2 Å². The van der Waals surface area contributed by atoms with Crippen LogP contribution in [0.25, 0.3) is 0 Å². The van der Waals surface area contributed by atoms with Crippen LogP contribution in [0.15, 0.2) is 29.5 Å². The van der Waals surface area contributed by atoms with Crippen molar-refractivity contribution in [1.82, 2.24) is 9.97 Å². The van der Waals surface area contributed by atoms with Crippen molar-refractivity contribution in [2.24, 2.45) is 16.6 Å². The molecule has 1 aromatic heterocycles. The van der Waals surface area contributed by atoms with E-state index in [0.717, 1.165) is 6.07 Å².